The molecule has 0 fully saturated rings. The monoisotopic (exact) mass is 370 g/mol. The van der Waals surface area contributed by atoms with E-state index in [0.717, 1.165) is 46.6 Å². The molecule has 4 aromatic rings. The van der Waals surface area contributed by atoms with Gasteiger partial charge in [0.25, 0.3) is 0 Å². The second-order valence-electron chi connectivity index (χ2n) is 6.84. The molecule has 0 spiro atoms. The molecule has 1 aromatic heterocycles. The highest BCUT2D eigenvalue weighted by Crippen LogP contribution is 2.15. The molecule has 0 saturated carbocycles. The smallest absolute Gasteiger partial charge is 0.323 e. The summed E-state index contributed by atoms with van der Waals surface area (Å²) in [5.41, 5.74) is 5.95. The molecule has 0 aliphatic carbocycles. The molecule has 5 nitrogen and oxygen atoms in total. The fourth-order valence-electron chi connectivity index (χ4n) is 3.07. The first-order valence-corrected chi connectivity index (χ1v) is 9.33. The van der Waals surface area contributed by atoms with Crippen LogP contribution >= 0.6 is 0 Å². The average Bonchev–Trinajstić information content (AvgIpc) is 3.12. The van der Waals surface area contributed by atoms with Gasteiger partial charge < -0.3 is 15.6 Å². The highest BCUT2D eigenvalue weighted by molar-refractivity contribution is 5.99. The number of carbonyl (C=O) groups is 1. The summed E-state index contributed by atoms with van der Waals surface area (Å²) in [5.74, 6) is 0.987. The summed E-state index contributed by atoms with van der Waals surface area (Å²) in [7, 11) is 0. The molecule has 2 amide bonds. The fraction of sp³-hybridized carbons (Fsp3) is 0.130. The van der Waals surface area contributed by atoms with Crippen molar-refractivity contribution in [1.29, 1.82) is 0 Å². The lowest BCUT2D eigenvalue weighted by molar-refractivity contribution is 0.262. The number of hydrogen-bond acceptors (Lipinski definition) is 2. The van der Waals surface area contributed by atoms with Crippen molar-refractivity contribution < 1.29 is 4.79 Å². The van der Waals surface area contributed by atoms with E-state index in [0.29, 0.717) is 0 Å². The molecule has 3 N–H and O–H groups in total. The molecule has 0 unspecified atom stereocenters. The lowest BCUT2D eigenvalue weighted by Gasteiger charge is -2.08. The van der Waals surface area contributed by atoms with Gasteiger partial charge in [-0.3, -0.25) is 0 Å². The Hall–Kier alpha value is -3.60. The van der Waals surface area contributed by atoms with E-state index in [9.17, 15) is 4.79 Å². The summed E-state index contributed by atoms with van der Waals surface area (Å²) in [6.45, 7) is 2.01. The van der Waals surface area contributed by atoms with Crippen molar-refractivity contribution in [2.75, 3.05) is 10.6 Å². The van der Waals surface area contributed by atoms with E-state index in [2.05, 4.69) is 20.6 Å². The molecule has 3 aromatic carbocycles. The van der Waals surface area contributed by atoms with E-state index in [1.807, 2.05) is 79.7 Å². The fourth-order valence-corrected chi connectivity index (χ4v) is 3.07. The van der Waals surface area contributed by atoms with Crippen LogP contribution in [0.5, 0.6) is 0 Å². The van der Waals surface area contributed by atoms with Gasteiger partial charge in [0.2, 0.25) is 0 Å². The van der Waals surface area contributed by atoms with E-state index < -0.39 is 0 Å². The molecule has 4 rings (SSSR count). The van der Waals surface area contributed by atoms with E-state index >= 15 is 0 Å². The van der Waals surface area contributed by atoms with E-state index in [1.165, 1.54) is 5.56 Å². The minimum absolute atomic E-state index is 0.251. The van der Waals surface area contributed by atoms with Crippen LogP contribution in [0.2, 0.25) is 0 Å². The molecular weight excluding hydrogens is 348 g/mol. The number of aryl methyl sites for hydroxylation is 3. The number of fused-ring (bicyclic) bond motifs is 1. The molecule has 0 bridgehead atoms. The topological polar surface area (TPSA) is 69.8 Å². The Balaban J connectivity index is 1.31. The number of amides is 2. The van der Waals surface area contributed by atoms with Gasteiger partial charge >= 0.3 is 6.03 Å². The van der Waals surface area contributed by atoms with Crippen LogP contribution in [0, 0.1) is 6.92 Å². The van der Waals surface area contributed by atoms with E-state index in [-0.39, 0.29) is 6.03 Å². The molecule has 28 heavy (non-hydrogen) atoms. The maximum atomic E-state index is 12.1. The molecule has 1 heterocycles. The zero-order chi connectivity index (χ0) is 19.3. The Morgan fingerprint density at radius 3 is 2.18 bits per heavy atom. The minimum Gasteiger partial charge on any atom is -0.342 e. The van der Waals surface area contributed by atoms with Gasteiger partial charge in [-0.25, -0.2) is 9.78 Å². The second kappa shape index (κ2) is 7.96. The summed E-state index contributed by atoms with van der Waals surface area (Å²) >= 11 is 0. The third-order valence-corrected chi connectivity index (χ3v) is 4.61. The zero-order valence-electron chi connectivity index (χ0n) is 15.7. The quantitative estimate of drug-likeness (QED) is 0.446. The van der Waals surface area contributed by atoms with Crippen LogP contribution in [0.3, 0.4) is 0 Å². The second-order valence-corrected chi connectivity index (χ2v) is 6.84. The average molecular weight is 370 g/mol. The van der Waals surface area contributed by atoms with Crippen molar-refractivity contribution in [2.24, 2.45) is 0 Å². The summed E-state index contributed by atoms with van der Waals surface area (Å²) < 4.78 is 0. The highest BCUT2D eigenvalue weighted by atomic mass is 16.2. The first-order valence-electron chi connectivity index (χ1n) is 9.33. The first kappa shape index (κ1) is 17.8. The normalized spacial score (nSPS) is 10.8. The van der Waals surface area contributed by atoms with Gasteiger partial charge in [-0.05, 0) is 55.3 Å². The number of hydrogen-bond donors (Lipinski definition) is 3. The Morgan fingerprint density at radius 1 is 0.857 bits per heavy atom. The van der Waals surface area contributed by atoms with E-state index in [1.54, 1.807) is 0 Å². The molecule has 0 radical (unpaired) electrons. The SMILES string of the molecule is Cc1ccc(NC(=O)Nc2ccc(CCc3nc4ccccc4[nH]3)cc2)cc1. The summed E-state index contributed by atoms with van der Waals surface area (Å²) in [6, 6.07) is 23.4. The largest absolute Gasteiger partial charge is 0.342 e. The summed E-state index contributed by atoms with van der Waals surface area (Å²) in [4.78, 5) is 20.1. The van der Waals surface area contributed by atoms with Crippen LogP contribution in [0.25, 0.3) is 11.0 Å². The maximum absolute atomic E-state index is 12.1. The van der Waals surface area contributed by atoms with Crippen LogP contribution in [-0.2, 0) is 12.8 Å². The minimum atomic E-state index is -0.251. The Kier molecular flexibility index (Phi) is 5.06. The summed E-state index contributed by atoms with van der Waals surface area (Å²) in [6.07, 6.45) is 1.73. The Bertz CT molecular complexity index is 1050. The highest BCUT2D eigenvalue weighted by Gasteiger charge is 2.05. The molecule has 0 aliphatic heterocycles. The number of benzene rings is 3. The van der Waals surface area contributed by atoms with Gasteiger partial charge in [-0.1, -0.05) is 42.0 Å². The number of anilines is 2. The molecule has 140 valence electrons. The van der Waals surface area contributed by atoms with Gasteiger partial charge in [-0.15, -0.1) is 0 Å². The van der Waals surface area contributed by atoms with Crippen LogP contribution in [0.4, 0.5) is 16.2 Å². The Morgan fingerprint density at radius 2 is 1.50 bits per heavy atom. The van der Waals surface area contributed by atoms with Crippen LogP contribution in [0.15, 0.2) is 72.8 Å². The van der Waals surface area contributed by atoms with Crippen molar-refractivity contribution in [2.45, 2.75) is 19.8 Å². The van der Waals surface area contributed by atoms with Crippen LogP contribution in [-0.4, -0.2) is 16.0 Å². The predicted octanol–water partition coefficient (Wildman–Crippen LogP) is 5.30. The first-order chi connectivity index (χ1) is 13.7. The molecule has 0 atom stereocenters. The third-order valence-electron chi connectivity index (χ3n) is 4.61. The number of urea groups is 1. The van der Waals surface area contributed by atoms with Gasteiger partial charge in [-0.2, -0.15) is 0 Å². The van der Waals surface area contributed by atoms with Crippen molar-refractivity contribution in [3.05, 3.63) is 89.7 Å². The number of aromatic amines is 1. The van der Waals surface area contributed by atoms with Crippen LogP contribution in [0.1, 0.15) is 17.0 Å². The number of H-pyrrole nitrogens is 1. The standard InChI is InChI=1S/C23H22N4O/c1-16-6-11-18(12-7-16)24-23(28)25-19-13-8-17(9-14-19)10-15-22-26-20-4-2-3-5-21(20)27-22/h2-9,11-14H,10,15H2,1H3,(H,26,27)(H2,24,25,28). The molecule has 0 saturated heterocycles. The maximum Gasteiger partial charge on any atom is 0.323 e. The third kappa shape index (κ3) is 4.38. The lowest BCUT2D eigenvalue weighted by atomic mass is 10.1. The molecule has 0 aliphatic rings. The van der Waals surface area contributed by atoms with Gasteiger partial charge in [0.15, 0.2) is 0 Å². The van der Waals surface area contributed by atoms with Gasteiger partial charge in [0.05, 0.1) is 11.0 Å². The van der Waals surface area contributed by atoms with Crippen LogP contribution < -0.4 is 10.6 Å². The number of nitrogens with one attached hydrogen (secondary N) is 3. The number of para-hydroxylation sites is 2. The van der Waals surface area contributed by atoms with Crippen molar-refractivity contribution in [1.82, 2.24) is 9.97 Å². The lowest BCUT2D eigenvalue weighted by Crippen LogP contribution is -2.19. The van der Waals surface area contributed by atoms with Crippen molar-refractivity contribution in [3.8, 4) is 0 Å². The predicted molar refractivity (Wildman–Crippen MR) is 114 cm³/mol. The van der Waals surface area contributed by atoms with Gasteiger partial charge in [0, 0.05) is 17.8 Å². The van der Waals surface area contributed by atoms with Crippen molar-refractivity contribution >= 4 is 28.4 Å². The summed E-state index contributed by atoms with van der Waals surface area (Å²) in [5, 5.41) is 5.68. The van der Waals surface area contributed by atoms with Gasteiger partial charge in [0.1, 0.15) is 5.82 Å². The Labute approximate surface area is 163 Å². The molecular formula is C23H22N4O. The number of imidazole rings is 1. The molecule has 5 heteroatoms. The number of carbonyl (C=O) groups excluding carboxylic acids is 1. The zero-order valence-corrected chi connectivity index (χ0v) is 15.7. The number of rotatable bonds is 5. The van der Waals surface area contributed by atoms with Crippen molar-refractivity contribution in [3.63, 3.8) is 0 Å². The number of aromatic nitrogens is 2. The number of nitrogens with zero attached hydrogens (tertiary/aromatic N) is 1. The van der Waals surface area contributed by atoms with E-state index in [4.69, 9.17) is 0 Å².